The Kier molecular flexibility index (Phi) is 30.6. The molecule has 0 bridgehead atoms. The summed E-state index contributed by atoms with van der Waals surface area (Å²) < 4.78 is 193. The lowest BCUT2D eigenvalue weighted by Gasteiger charge is -2.35. The van der Waals surface area contributed by atoms with Gasteiger partial charge in [0.05, 0.1) is 6.85 Å². The molecule has 36 heteroatoms. The van der Waals surface area contributed by atoms with Gasteiger partial charge in [0.15, 0.2) is 52.0 Å². The minimum absolute atomic E-state index is 0.0102. The van der Waals surface area contributed by atoms with Gasteiger partial charge >= 0.3 is 0 Å². The summed E-state index contributed by atoms with van der Waals surface area (Å²) in [7, 11) is 0. The average molecular weight is 2180 g/mol. The van der Waals surface area contributed by atoms with Crippen molar-refractivity contribution in [2.24, 2.45) is 51.6 Å². The van der Waals surface area contributed by atoms with E-state index in [1.807, 2.05) is 0 Å². The van der Waals surface area contributed by atoms with Gasteiger partial charge in [0.25, 0.3) is 0 Å². The van der Waals surface area contributed by atoms with Gasteiger partial charge in [-0.05, 0) is 278 Å². The van der Waals surface area contributed by atoms with Crippen LogP contribution in [0, 0.1) is 0 Å². The first-order valence-electron chi connectivity index (χ1n) is 57.1. The number of Topliss-reactive ketones (excluding diaryl/α,β-unsaturated/α-hetero) is 9. The number of hydrogen-bond donors (Lipinski definition) is 18. The molecule has 27 N–H and O–H groups in total. The molecule has 774 valence electrons. The highest BCUT2D eigenvalue weighted by atomic mass is 35.5. The van der Waals surface area contributed by atoms with Crippen molar-refractivity contribution in [3.05, 3.63) is 314 Å². The van der Waals surface area contributed by atoms with Crippen LogP contribution in [0.2, 0.25) is 45.2 Å². The summed E-state index contributed by atoms with van der Waals surface area (Å²) in [5.41, 5.74) is 40.9. The molecule has 0 heterocycles. The second kappa shape index (κ2) is 51.4. The highest BCUT2D eigenvalue weighted by molar-refractivity contribution is 6.35. The lowest BCUT2D eigenvalue weighted by atomic mass is 9.75. The maximum Gasteiger partial charge on any atom is 0.185 e. The summed E-state index contributed by atoms with van der Waals surface area (Å²) in [5, 5.41) is 90.3. The molecule has 0 aliphatic heterocycles. The molecular weight excluding hydrogens is 2030 g/mol. The van der Waals surface area contributed by atoms with Crippen molar-refractivity contribution in [2.75, 3.05) is 0 Å². The Balaban J connectivity index is 0.000000192. The predicted octanol–water partition coefficient (Wildman–Crippen LogP) is 14.5. The van der Waals surface area contributed by atoms with E-state index < -0.39 is 240 Å². The van der Waals surface area contributed by atoms with Gasteiger partial charge in [-0.15, -0.1) is 0 Å². The summed E-state index contributed by atoms with van der Waals surface area (Å²) in [5.74, 6) is -8.03. The number of aliphatic hydroxyl groups excluding tert-OH is 4. The lowest BCUT2D eigenvalue weighted by molar-refractivity contribution is -0.136. The molecule has 27 nitrogen and oxygen atoms in total. The van der Waals surface area contributed by atoms with Gasteiger partial charge in [0.1, 0.15) is 105 Å². The molecule has 0 aromatic heterocycles. The number of nitrogens with two attached hydrogens (primary N) is 9. The van der Waals surface area contributed by atoms with Crippen molar-refractivity contribution in [1.82, 2.24) is 0 Å². The van der Waals surface area contributed by atoms with Crippen LogP contribution in [0.5, 0.6) is 0 Å². The van der Waals surface area contributed by atoms with Crippen LogP contribution in [-0.4, -0.2) is 153 Å². The Morgan fingerprint density at radius 2 is 0.410 bits per heavy atom. The maximum absolute atomic E-state index is 12.4. The van der Waals surface area contributed by atoms with E-state index in [1.165, 1.54) is 60.7 Å². The zero-order valence-electron chi connectivity index (χ0n) is 102. The van der Waals surface area contributed by atoms with E-state index in [0.717, 1.165) is 0 Å². The molecule has 9 aliphatic carbocycles. The summed E-state index contributed by atoms with van der Waals surface area (Å²) >= 11 is 54.1. The summed E-state index contributed by atoms with van der Waals surface area (Å²) in [6, 6.07) is 57.5. The maximum atomic E-state index is 12.4. The van der Waals surface area contributed by atoms with Crippen LogP contribution in [-0.2, 0) is 93.0 Å². The molecule has 0 radical (unpaired) electrons. The van der Waals surface area contributed by atoms with Gasteiger partial charge in [0.2, 0.25) is 0 Å². The van der Waals surface area contributed by atoms with Crippen molar-refractivity contribution in [3.63, 3.8) is 0 Å². The molecule has 18 unspecified atom stereocenters. The van der Waals surface area contributed by atoms with E-state index in [4.69, 9.17) is 190 Å². The van der Waals surface area contributed by atoms with Gasteiger partial charge in [0, 0.05) is 72.6 Å². The van der Waals surface area contributed by atoms with E-state index in [-0.39, 0.29) is 135 Å². The molecule has 9 aromatic carbocycles. The largest absolute Gasteiger partial charge is 0.385 e. The van der Waals surface area contributed by atoms with Gasteiger partial charge in [-0.3, -0.25) is 43.2 Å². The third-order valence-corrected chi connectivity index (χ3v) is 27.9. The number of ketones is 9. The van der Waals surface area contributed by atoms with Crippen molar-refractivity contribution in [1.29, 1.82) is 0 Å². The minimum Gasteiger partial charge on any atom is -0.385 e. The van der Waals surface area contributed by atoms with E-state index in [0.29, 0.717) is 50.2 Å². The number of rotatable bonds is 9. The molecule has 0 spiro atoms. The van der Waals surface area contributed by atoms with Crippen LogP contribution < -0.4 is 51.6 Å². The standard InChI is InChI=1S/9C12H14ClNO2/c9*13-9-5-2-1-4-8(9)12(14)7-3-6-10(15)11(12)16/h9*1-2,4-5,10,15H,3,6-7,14H2/i3D2,6D2,10D;7D2,10D;6D2,10D;3D2,10D;3D2,6D2;10D;7D2;6D2;3D2. The van der Waals surface area contributed by atoms with Crippen LogP contribution in [0.25, 0.3) is 0 Å². The number of carbonyl (C=O) groups excluding carboxylic acids is 9. The minimum atomic E-state index is -3.32. The Labute approximate surface area is 917 Å². The molecule has 9 saturated carbocycles. The zero-order chi connectivity index (χ0) is 128. The molecule has 144 heavy (non-hydrogen) atoms. The van der Waals surface area contributed by atoms with Crippen LogP contribution in [0.15, 0.2) is 218 Å². The number of hydrogen-bond acceptors (Lipinski definition) is 27. The first-order chi connectivity index (χ1) is 77.0. The van der Waals surface area contributed by atoms with E-state index >= 15 is 0 Å². The molecule has 18 atom stereocenters. The van der Waals surface area contributed by atoms with Crippen molar-refractivity contribution in [3.8, 4) is 0 Å². The van der Waals surface area contributed by atoms with Crippen LogP contribution in [0.1, 0.15) is 257 Å². The Morgan fingerprint density at radius 3 is 0.750 bits per heavy atom. The highest BCUT2D eigenvalue weighted by Gasteiger charge is 2.52. The Hall–Kier alpha value is -8.10. The van der Waals surface area contributed by atoms with Gasteiger partial charge in [-0.1, -0.05) is 268 Å². The fraction of sp³-hybridized carbons (Fsp3) is 0.417. The van der Waals surface area contributed by atoms with Crippen molar-refractivity contribution in [2.45, 2.75) is 278 Å². The molecule has 18 rings (SSSR count). The zero-order valence-corrected chi connectivity index (χ0v) is 83.7. The fourth-order valence-corrected chi connectivity index (χ4v) is 19.5. The Morgan fingerprint density at radius 1 is 0.208 bits per heavy atom. The van der Waals surface area contributed by atoms with Crippen LogP contribution >= 0.6 is 104 Å². The van der Waals surface area contributed by atoms with Gasteiger partial charge < -0.3 is 97.6 Å². The molecule has 9 aromatic rings. The normalized spacial score (nSPS) is 39.0. The number of aliphatic hydroxyl groups is 9. The smallest absolute Gasteiger partial charge is 0.185 e. The second-order valence-electron chi connectivity index (χ2n) is 34.5. The number of carbonyl (C=O) groups is 9. The molecule has 9 fully saturated rings. The summed E-state index contributed by atoms with van der Waals surface area (Å²) in [6.07, 6.45) is -44.6. The monoisotopic (exact) mass is 2180 g/mol. The predicted molar refractivity (Wildman–Crippen MR) is 560 cm³/mol. The van der Waals surface area contributed by atoms with Crippen LogP contribution in [0.4, 0.5) is 0 Å². The third kappa shape index (κ3) is 26.6. The van der Waals surface area contributed by atoms with E-state index in [1.54, 1.807) is 158 Å². The average Bonchev–Trinajstić information content (AvgIpc) is 0.700. The Bertz CT molecular complexity index is 7400. The topological polar surface area (TPSA) is 570 Å². The first kappa shape index (κ1) is 85.7. The number of halogens is 9. The molecule has 0 amide bonds. The summed E-state index contributed by atoms with van der Waals surface area (Å²) in [4.78, 5) is 110. The summed E-state index contributed by atoms with van der Waals surface area (Å²) in [6.45, 7) is 0. The second-order valence-corrected chi connectivity index (χ2v) is 38.2. The molecule has 0 saturated heterocycles. The van der Waals surface area contributed by atoms with Crippen LogP contribution in [0.3, 0.4) is 0 Å². The fourth-order valence-electron chi connectivity index (χ4n) is 16.8. The molecule has 9 aliphatic rings. The highest BCUT2D eigenvalue weighted by Crippen LogP contribution is 2.46. The lowest BCUT2D eigenvalue weighted by Crippen LogP contribution is -2.52. The quantitative estimate of drug-likeness (QED) is 0.0638. The van der Waals surface area contributed by atoms with E-state index in [9.17, 15) is 89.1 Å². The van der Waals surface area contributed by atoms with Crippen molar-refractivity contribution < 1.29 is 123 Å². The SMILES string of the molecule is [2H]C1(O)CCC([2H])([2H])C(N)(c2ccccc2Cl)C1=O.[2H]C1(O)CCCC(N)(c2ccccc2Cl)C1=O.[2H]C1([2H])CC(N)(c2ccccc2Cl)C(=O)C(O)C1([2H])[2H].[2H]C1([2H])CC(N)(c2ccccc2Cl)C(=O)C([2H])(O)C1([2H])[2H].[2H]C1([2H])CC(O)C(=O)C(N)(c2ccccc2Cl)C1.[2H]C1([2H])CC([2H])(O)C(=O)C(N)(c2ccccc2Cl)C1.[2H]C1([2H])CCC(N)(c2ccccc2Cl)C(=O)C1([2H])O.[2H]C1([2H])CCC(N)(c2ccccc2Cl)C(=O)C1O.[2H]C1([2H])CCC(O)C(=O)C1(N)c1ccccc1Cl. The molecular formula is C108H126Cl9N9O18. The third-order valence-electron chi connectivity index (χ3n) is 24.9. The van der Waals surface area contributed by atoms with Gasteiger partial charge in [-0.25, -0.2) is 0 Å². The van der Waals surface area contributed by atoms with E-state index in [2.05, 4.69) is 0 Å². The number of benzene rings is 9. The van der Waals surface area contributed by atoms with Crippen molar-refractivity contribution >= 4 is 156 Å². The first-order valence-corrected chi connectivity index (χ1v) is 48.0. The van der Waals surface area contributed by atoms with Gasteiger partial charge in [-0.2, -0.15) is 0 Å².